The van der Waals surface area contributed by atoms with E-state index in [1.807, 2.05) is 46.9 Å². The lowest BCUT2D eigenvalue weighted by molar-refractivity contribution is 0.0704. The number of para-hydroxylation sites is 1. The van der Waals surface area contributed by atoms with Gasteiger partial charge in [-0.05, 0) is 49.6 Å². The Labute approximate surface area is 203 Å². The number of hydrogen-bond acceptors (Lipinski definition) is 5. The maximum atomic E-state index is 14.1. The van der Waals surface area contributed by atoms with Crippen molar-refractivity contribution in [2.45, 2.75) is 32.2 Å². The number of carbonyl (C=O) groups excluding carboxylic acids is 1. The van der Waals surface area contributed by atoms with E-state index in [0.29, 0.717) is 30.9 Å². The molecule has 0 saturated carbocycles. The van der Waals surface area contributed by atoms with Crippen LogP contribution in [0.2, 0.25) is 0 Å². The van der Waals surface area contributed by atoms with E-state index < -0.39 is 5.82 Å². The van der Waals surface area contributed by atoms with Crippen LogP contribution < -0.4 is 4.74 Å². The molecule has 1 amide bonds. The number of imidazole rings is 1. The highest BCUT2D eigenvalue weighted by Crippen LogP contribution is 2.33. The molecule has 4 aromatic rings. The molecule has 8 heteroatoms. The maximum Gasteiger partial charge on any atom is 0.253 e. The second kappa shape index (κ2) is 10.0. The number of nitrogens with zero attached hydrogens (tertiary/aromatic N) is 5. The molecule has 178 valence electrons. The van der Waals surface area contributed by atoms with E-state index in [4.69, 9.17) is 4.74 Å². The lowest BCUT2D eigenvalue weighted by atomic mass is 9.94. The number of hydrogen-bond donors (Lipinski definition) is 0. The highest BCUT2D eigenvalue weighted by molar-refractivity contribution is 5.94. The van der Waals surface area contributed by atoms with E-state index in [1.54, 1.807) is 30.6 Å². The largest absolute Gasteiger partial charge is 0.434 e. The Bertz CT molecular complexity index is 1340. The lowest BCUT2D eigenvalue weighted by Gasteiger charge is -2.33. The molecule has 0 N–H and O–H groups in total. The van der Waals surface area contributed by atoms with Gasteiger partial charge in [-0.2, -0.15) is 0 Å². The summed E-state index contributed by atoms with van der Waals surface area (Å²) < 4.78 is 22.0. The van der Waals surface area contributed by atoms with Gasteiger partial charge in [-0.1, -0.05) is 24.3 Å². The standard InChI is InChI=1S/C27H26FN5O2/c1-19-29-13-15-32(19)17-20-6-4-7-21(16-20)27(34)33-14-5-8-22(18-33)25-26(31-12-11-30-25)35-24-10-3-2-9-23(24)28/h2-4,6-7,9-13,15-16,22H,5,8,14,17-18H2,1H3. The first-order valence-electron chi connectivity index (χ1n) is 11.7. The molecule has 2 aromatic carbocycles. The number of ether oxygens (including phenoxy) is 1. The summed E-state index contributed by atoms with van der Waals surface area (Å²) in [4.78, 5) is 28.3. The summed E-state index contributed by atoms with van der Waals surface area (Å²) >= 11 is 0. The molecule has 7 nitrogen and oxygen atoms in total. The zero-order valence-corrected chi connectivity index (χ0v) is 19.5. The summed E-state index contributed by atoms with van der Waals surface area (Å²) in [5.41, 5.74) is 2.33. The van der Waals surface area contributed by atoms with Crippen LogP contribution in [0.15, 0.2) is 73.3 Å². The molecule has 3 heterocycles. The third-order valence-electron chi connectivity index (χ3n) is 6.28. The number of amides is 1. The molecule has 1 aliphatic heterocycles. The van der Waals surface area contributed by atoms with Gasteiger partial charge >= 0.3 is 0 Å². The first-order valence-corrected chi connectivity index (χ1v) is 11.7. The first kappa shape index (κ1) is 22.7. The summed E-state index contributed by atoms with van der Waals surface area (Å²) in [5, 5.41) is 0. The van der Waals surface area contributed by atoms with E-state index in [1.165, 1.54) is 12.3 Å². The second-order valence-electron chi connectivity index (χ2n) is 8.67. The number of aryl methyl sites for hydroxylation is 1. The molecular formula is C27H26FN5O2. The van der Waals surface area contributed by atoms with Gasteiger partial charge in [-0.15, -0.1) is 0 Å². The van der Waals surface area contributed by atoms with Gasteiger partial charge in [0.1, 0.15) is 11.5 Å². The van der Waals surface area contributed by atoms with Gasteiger partial charge in [0.25, 0.3) is 5.91 Å². The number of benzene rings is 2. The van der Waals surface area contributed by atoms with Crippen molar-refractivity contribution in [1.82, 2.24) is 24.4 Å². The quantitative estimate of drug-likeness (QED) is 0.397. The molecule has 1 fully saturated rings. The number of rotatable bonds is 6. The van der Waals surface area contributed by atoms with E-state index in [2.05, 4.69) is 15.0 Å². The van der Waals surface area contributed by atoms with E-state index in [-0.39, 0.29) is 23.5 Å². The van der Waals surface area contributed by atoms with Crippen molar-refractivity contribution in [1.29, 1.82) is 0 Å². The first-order chi connectivity index (χ1) is 17.1. The molecular weight excluding hydrogens is 445 g/mol. The normalized spacial score (nSPS) is 15.7. The molecule has 0 spiro atoms. The Balaban J connectivity index is 1.33. The van der Waals surface area contributed by atoms with E-state index >= 15 is 0 Å². The Morgan fingerprint density at radius 2 is 1.94 bits per heavy atom. The highest BCUT2D eigenvalue weighted by atomic mass is 19.1. The van der Waals surface area contributed by atoms with Gasteiger partial charge in [0.15, 0.2) is 11.6 Å². The minimum Gasteiger partial charge on any atom is -0.434 e. The van der Waals surface area contributed by atoms with Crippen molar-refractivity contribution >= 4 is 5.91 Å². The smallest absolute Gasteiger partial charge is 0.253 e. The highest BCUT2D eigenvalue weighted by Gasteiger charge is 2.29. The summed E-state index contributed by atoms with van der Waals surface area (Å²) in [7, 11) is 0. The average Bonchev–Trinajstić information content (AvgIpc) is 3.29. The van der Waals surface area contributed by atoms with Crippen molar-refractivity contribution in [2.24, 2.45) is 0 Å². The Hall–Kier alpha value is -4.07. The molecule has 1 unspecified atom stereocenters. The summed E-state index contributed by atoms with van der Waals surface area (Å²) in [6.07, 6.45) is 8.51. The van der Waals surface area contributed by atoms with Crippen LogP contribution in [-0.2, 0) is 6.54 Å². The fourth-order valence-electron chi connectivity index (χ4n) is 4.46. The molecule has 1 saturated heterocycles. The molecule has 35 heavy (non-hydrogen) atoms. The number of aromatic nitrogens is 4. The third-order valence-corrected chi connectivity index (χ3v) is 6.28. The van der Waals surface area contributed by atoms with Crippen molar-refractivity contribution < 1.29 is 13.9 Å². The van der Waals surface area contributed by atoms with Crippen LogP contribution in [0.25, 0.3) is 0 Å². The molecule has 2 aromatic heterocycles. The minimum absolute atomic E-state index is 0.0145. The van der Waals surface area contributed by atoms with Crippen molar-refractivity contribution in [2.75, 3.05) is 13.1 Å². The summed E-state index contributed by atoms with van der Waals surface area (Å²) in [5.74, 6) is 0.769. The van der Waals surface area contributed by atoms with Gasteiger partial charge in [0, 0.05) is 55.9 Å². The Morgan fingerprint density at radius 3 is 2.77 bits per heavy atom. The van der Waals surface area contributed by atoms with Crippen LogP contribution >= 0.6 is 0 Å². The SMILES string of the molecule is Cc1nccn1Cc1cccc(C(=O)N2CCCC(c3nccnc3Oc3ccccc3F)C2)c1. The number of piperidine rings is 1. The molecule has 0 bridgehead atoms. The molecule has 0 aliphatic carbocycles. The molecule has 1 atom stereocenters. The van der Waals surface area contributed by atoms with Crippen LogP contribution in [0.5, 0.6) is 11.6 Å². The van der Waals surface area contributed by atoms with E-state index in [0.717, 1.165) is 24.2 Å². The Kier molecular flexibility index (Phi) is 6.52. The fraction of sp³-hybridized carbons (Fsp3) is 0.259. The van der Waals surface area contributed by atoms with Crippen molar-refractivity contribution in [3.05, 3.63) is 102 Å². The summed E-state index contributed by atoms with van der Waals surface area (Å²) in [6.45, 7) is 3.78. The van der Waals surface area contributed by atoms with Crippen LogP contribution in [0.1, 0.15) is 46.2 Å². The average molecular weight is 472 g/mol. The predicted molar refractivity (Wildman–Crippen MR) is 129 cm³/mol. The molecule has 0 radical (unpaired) electrons. The number of likely N-dealkylation sites (tertiary alicyclic amines) is 1. The monoisotopic (exact) mass is 471 g/mol. The molecule has 5 rings (SSSR count). The zero-order valence-electron chi connectivity index (χ0n) is 19.5. The zero-order chi connectivity index (χ0) is 24.2. The number of carbonyl (C=O) groups is 1. The fourth-order valence-corrected chi connectivity index (χ4v) is 4.46. The molecule has 1 aliphatic rings. The number of halogens is 1. The third kappa shape index (κ3) is 5.06. The van der Waals surface area contributed by atoms with Crippen LogP contribution in [0, 0.1) is 12.7 Å². The van der Waals surface area contributed by atoms with Crippen LogP contribution in [0.4, 0.5) is 4.39 Å². The van der Waals surface area contributed by atoms with Gasteiger partial charge < -0.3 is 14.2 Å². The van der Waals surface area contributed by atoms with Crippen molar-refractivity contribution in [3.8, 4) is 11.6 Å². The lowest BCUT2D eigenvalue weighted by Crippen LogP contribution is -2.39. The van der Waals surface area contributed by atoms with Crippen LogP contribution in [0.3, 0.4) is 0 Å². The van der Waals surface area contributed by atoms with Crippen molar-refractivity contribution in [3.63, 3.8) is 0 Å². The summed E-state index contributed by atoms with van der Waals surface area (Å²) in [6, 6.07) is 13.9. The van der Waals surface area contributed by atoms with Crippen LogP contribution in [-0.4, -0.2) is 43.4 Å². The van der Waals surface area contributed by atoms with Gasteiger partial charge in [-0.3, -0.25) is 9.78 Å². The predicted octanol–water partition coefficient (Wildman–Crippen LogP) is 4.98. The van der Waals surface area contributed by atoms with Gasteiger partial charge in [0.05, 0.1) is 0 Å². The minimum atomic E-state index is -0.463. The van der Waals surface area contributed by atoms with Gasteiger partial charge in [0.2, 0.25) is 5.88 Å². The second-order valence-corrected chi connectivity index (χ2v) is 8.67. The van der Waals surface area contributed by atoms with Gasteiger partial charge in [-0.25, -0.2) is 14.4 Å². The van der Waals surface area contributed by atoms with E-state index in [9.17, 15) is 9.18 Å². The topological polar surface area (TPSA) is 73.1 Å². The maximum absolute atomic E-state index is 14.1. The Morgan fingerprint density at radius 1 is 1.09 bits per heavy atom.